The molecule has 1 N–H and O–H groups in total. The van der Waals surface area contributed by atoms with Crippen LogP contribution in [-0.4, -0.2) is 69.7 Å². The van der Waals surface area contributed by atoms with Crippen molar-refractivity contribution >= 4 is 23.2 Å². The van der Waals surface area contributed by atoms with Crippen molar-refractivity contribution in [2.24, 2.45) is 0 Å². The molecule has 7 heteroatoms. The number of anilines is 2. The average Bonchev–Trinajstić information content (AvgIpc) is 2.80. The first-order valence-corrected chi connectivity index (χ1v) is 10.4. The summed E-state index contributed by atoms with van der Waals surface area (Å²) in [5.74, 6) is 0.0189. The maximum atomic E-state index is 12.5. The van der Waals surface area contributed by atoms with Crippen LogP contribution in [0.15, 0.2) is 48.5 Å². The van der Waals surface area contributed by atoms with Gasteiger partial charge in [0.15, 0.2) is 0 Å². The molecule has 2 aliphatic rings. The van der Waals surface area contributed by atoms with Gasteiger partial charge in [0.2, 0.25) is 5.91 Å². The van der Waals surface area contributed by atoms with Gasteiger partial charge in [-0.2, -0.15) is 0 Å². The van der Waals surface area contributed by atoms with Gasteiger partial charge in [0.1, 0.15) is 0 Å². The highest BCUT2D eigenvalue weighted by Crippen LogP contribution is 2.31. The molecule has 7 nitrogen and oxygen atoms in total. The summed E-state index contributed by atoms with van der Waals surface area (Å²) < 4.78 is 5.30. The lowest BCUT2D eigenvalue weighted by atomic mass is 10.1. The number of nitrogens with one attached hydrogen (secondary N) is 1. The Morgan fingerprint density at radius 1 is 0.933 bits per heavy atom. The second-order valence-electron chi connectivity index (χ2n) is 7.71. The molecule has 2 aromatic carbocycles. The first kappa shape index (κ1) is 20.2. The lowest BCUT2D eigenvalue weighted by Gasteiger charge is -2.36. The lowest BCUT2D eigenvalue weighted by molar-refractivity contribution is -0.119. The highest BCUT2D eigenvalue weighted by Gasteiger charge is 2.21. The third-order valence-electron chi connectivity index (χ3n) is 5.66. The number of para-hydroxylation sites is 2. The molecule has 2 aliphatic heterocycles. The summed E-state index contributed by atoms with van der Waals surface area (Å²) in [7, 11) is 2.07. The molecule has 4 rings (SSSR count). The SMILES string of the molecule is CN1CCN(CC(=O)NCc2ccc(C(=O)N3CCOCC3)cc2)c2ccccc21. The van der Waals surface area contributed by atoms with Gasteiger partial charge in [-0.25, -0.2) is 0 Å². The third kappa shape index (κ3) is 4.57. The Morgan fingerprint density at radius 3 is 2.37 bits per heavy atom. The van der Waals surface area contributed by atoms with Crippen molar-refractivity contribution < 1.29 is 14.3 Å². The van der Waals surface area contributed by atoms with Gasteiger partial charge in [0.25, 0.3) is 5.91 Å². The summed E-state index contributed by atoms with van der Waals surface area (Å²) in [6.45, 7) is 4.93. The van der Waals surface area contributed by atoms with Crippen molar-refractivity contribution in [2.75, 3.05) is 62.8 Å². The minimum atomic E-state index is -0.0113. The van der Waals surface area contributed by atoms with E-state index in [2.05, 4.69) is 34.3 Å². The minimum Gasteiger partial charge on any atom is -0.378 e. The Balaban J connectivity index is 1.30. The van der Waals surface area contributed by atoms with Crippen LogP contribution in [0.5, 0.6) is 0 Å². The Hall–Kier alpha value is -3.06. The first-order chi connectivity index (χ1) is 14.6. The molecule has 0 unspecified atom stereocenters. The summed E-state index contributed by atoms with van der Waals surface area (Å²) in [6.07, 6.45) is 0. The van der Waals surface area contributed by atoms with E-state index < -0.39 is 0 Å². The number of benzene rings is 2. The zero-order valence-electron chi connectivity index (χ0n) is 17.3. The molecule has 0 aromatic heterocycles. The molecule has 1 saturated heterocycles. The van der Waals surface area contributed by atoms with Gasteiger partial charge in [0, 0.05) is 45.3 Å². The van der Waals surface area contributed by atoms with Gasteiger partial charge < -0.3 is 24.8 Å². The predicted octanol–water partition coefficient (Wildman–Crippen LogP) is 1.73. The number of fused-ring (bicyclic) bond motifs is 1. The Kier molecular flexibility index (Phi) is 6.18. The zero-order valence-corrected chi connectivity index (χ0v) is 17.3. The molecule has 30 heavy (non-hydrogen) atoms. The topological polar surface area (TPSA) is 65.1 Å². The van der Waals surface area contributed by atoms with E-state index in [0.29, 0.717) is 45.0 Å². The van der Waals surface area contributed by atoms with Crippen LogP contribution in [0.3, 0.4) is 0 Å². The second-order valence-corrected chi connectivity index (χ2v) is 7.71. The van der Waals surface area contributed by atoms with Crippen molar-refractivity contribution in [3.8, 4) is 0 Å². The van der Waals surface area contributed by atoms with E-state index in [1.54, 1.807) is 0 Å². The van der Waals surface area contributed by atoms with Crippen molar-refractivity contribution in [3.63, 3.8) is 0 Å². The zero-order chi connectivity index (χ0) is 20.9. The molecule has 2 aromatic rings. The fraction of sp³-hybridized carbons (Fsp3) is 0.391. The molecule has 0 bridgehead atoms. The fourth-order valence-electron chi connectivity index (χ4n) is 3.87. The normalized spacial score (nSPS) is 16.2. The van der Waals surface area contributed by atoms with E-state index in [1.807, 2.05) is 41.3 Å². The molecule has 158 valence electrons. The van der Waals surface area contributed by atoms with Crippen LogP contribution in [0.25, 0.3) is 0 Å². The number of amides is 2. The minimum absolute atomic E-state index is 0.0113. The van der Waals surface area contributed by atoms with E-state index in [0.717, 1.165) is 30.0 Å². The molecule has 2 heterocycles. The summed E-state index contributed by atoms with van der Waals surface area (Å²) in [5, 5.41) is 2.99. The standard InChI is InChI=1S/C23H28N4O3/c1-25-10-11-27(21-5-3-2-4-20(21)25)17-22(28)24-16-18-6-8-19(9-7-18)23(29)26-12-14-30-15-13-26/h2-9H,10-17H2,1H3,(H,24,28). The van der Waals surface area contributed by atoms with E-state index in [9.17, 15) is 9.59 Å². The summed E-state index contributed by atoms with van der Waals surface area (Å²) in [4.78, 5) is 31.2. The van der Waals surface area contributed by atoms with E-state index in [1.165, 1.54) is 0 Å². The lowest BCUT2D eigenvalue weighted by Crippen LogP contribution is -2.44. The van der Waals surface area contributed by atoms with E-state index in [4.69, 9.17) is 4.74 Å². The Labute approximate surface area is 177 Å². The highest BCUT2D eigenvalue weighted by molar-refractivity contribution is 5.94. The van der Waals surface area contributed by atoms with Gasteiger partial charge in [-0.1, -0.05) is 24.3 Å². The Morgan fingerprint density at radius 2 is 1.63 bits per heavy atom. The van der Waals surface area contributed by atoms with E-state index in [-0.39, 0.29) is 11.8 Å². The van der Waals surface area contributed by atoms with Gasteiger partial charge in [0.05, 0.1) is 31.1 Å². The number of hydrogen-bond acceptors (Lipinski definition) is 5. The summed E-state index contributed by atoms with van der Waals surface area (Å²) in [5.41, 5.74) is 3.88. The molecule has 0 saturated carbocycles. The number of ether oxygens (including phenoxy) is 1. The maximum absolute atomic E-state index is 12.5. The van der Waals surface area contributed by atoms with Gasteiger partial charge in [-0.05, 0) is 29.8 Å². The molecule has 2 amide bonds. The second kappa shape index (κ2) is 9.17. The molecule has 0 atom stereocenters. The van der Waals surface area contributed by atoms with E-state index >= 15 is 0 Å². The number of carbonyl (C=O) groups excluding carboxylic acids is 2. The number of hydrogen-bond donors (Lipinski definition) is 1. The molecule has 0 radical (unpaired) electrons. The van der Waals surface area contributed by atoms with Crippen LogP contribution in [0.1, 0.15) is 15.9 Å². The molecular weight excluding hydrogens is 380 g/mol. The monoisotopic (exact) mass is 408 g/mol. The smallest absolute Gasteiger partial charge is 0.254 e. The highest BCUT2D eigenvalue weighted by atomic mass is 16.5. The van der Waals surface area contributed by atoms with Crippen molar-refractivity contribution in [3.05, 3.63) is 59.7 Å². The predicted molar refractivity (Wildman–Crippen MR) is 117 cm³/mol. The Bertz CT molecular complexity index is 894. The quantitative estimate of drug-likeness (QED) is 0.816. The molecular formula is C23H28N4O3. The molecule has 0 aliphatic carbocycles. The van der Waals surface area contributed by atoms with Crippen LogP contribution >= 0.6 is 0 Å². The van der Waals surface area contributed by atoms with Crippen LogP contribution in [0.2, 0.25) is 0 Å². The molecule has 0 spiro atoms. The number of likely N-dealkylation sites (N-methyl/N-ethyl adjacent to an activating group) is 1. The van der Waals surface area contributed by atoms with Crippen LogP contribution < -0.4 is 15.1 Å². The first-order valence-electron chi connectivity index (χ1n) is 10.4. The maximum Gasteiger partial charge on any atom is 0.254 e. The number of carbonyl (C=O) groups is 2. The number of rotatable bonds is 5. The molecule has 1 fully saturated rings. The van der Waals surface area contributed by atoms with Crippen LogP contribution in [-0.2, 0) is 16.1 Å². The van der Waals surface area contributed by atoms with Crippen LogP contribution in [0, 0.1) is 0 Å². The largest absolute Gasteiger partial charge is 0.378 e. The number of nitrogens with zero attached hydrogens (tertiary/aromatic N) is 3. The van der Waals surface area contributed by atoms with Gasteiger partial charge >= 0.3 is 0 Å². The number of morpholine rings is 1. The van der Waals surface area contributed by atoms with Crippen molar-refractivity contribution in [1.82, 2.24) is 10.2 Å². The summed E-state index contributed by atoms with van der Waals surface area (Å²) in [6, 6.07) is 15.6. The van der Waals surface area contributed by atoms with Crippen molar-refractivity contribution in [1.29, 1.82) is 0 Å². The van der Waals surface area contributed by atoms with Crippen LogP contribution in [0.4, 0.5) is 11.4 Å². The average molecular weight is 409 g/mol. The summed E-state index contributed by atoms with van der Waals surface area (Å²) >= 11 is 0. The van der Waals surface area contributed by atoms with Gasteiger partial charge in [-0.3, -0.25) is 9.59 Å². The van der Waals surface area contributed by atoms with Gasteiger partial charge in [-0.15, -0.1) is 0 Å². The van der Waals surface area contributed by atoms with Crippen molar-refractivity contribution in [2.45, 2.75) is 6.54 Å². The fourth-order valence-corrected chi connectivity index (χ4v) is 3.87. The third-order valence-corrected chi connectivity index (χ3v) is 5.66.